The van der Waals surface area contributed by atoms with Crippen LogP contribution in [0, 0.1) is 18.2 Å². The average molecular weight is 1090 g/mol. The number of fused-ring (bicyclic) bond motifs is 1. The number of benzene rings is 2. The molecule has 4 atom stereocenters. The number of thiazole rings is 1. The molecule has 2 saturated heterocycles. The first-order chi connectivity index (χ1) is 37.5. The molecule has 20 heteroatoms. The Bertz CT molecular complexity index is 3070. The highest BCUT2D eigenvalue weighted by Crippen LogP contribution is 2.41. The van der Waals surface area contributed by atoms with Crippen LogP contribution in [0.25, 0.3) is 27.3 Å². The number of imidazole rings is 1. The van der Waals surface area contributed by atoms with Gasteiger partial charge in [0.2, 0.25) is 23.6 Å². The zero-order valence-corrected chi connectivity index (χ0v) is 46.2. The van der Waals surface area contributed by atoms with Crippen molar-refractivity contribution in [1.29, 1.82) is 0 Å². The largest absolute Gasteiger partial charge is 0.391 e. The summed E-state index contributed by atoms with van der Waals surface area (Å²) in [6, 6.07) is 10.3. The Morgan fingerprint density at radius 1 is 0.859 bits per heavy atom. The first kappa shape index (κ1) is 55.7. The van der Waals surface area contributed by atoms with Crippen molar-refractivity contribution >= 4 is 58.0 Å². The van der Waals surface area contributed by atoms with Gasteiger partial charge in [0.1, 0.15) is 17.9 Å². The van der Waals surface area contributed by atoms with E-state index in [1.54, 1.807) is 47.0 Å². The van der Waals surface area contributed by atoms with E-state index in [1.165, 1.54) is 11.0 Å². The number of aliphatic hydroxyl groups is 1. The van der Waals surface area contributed by atoms with Gasteiger partial charge in [-0.15, -0.1) is 11.3 Å². The normalized spacial score (nSPS) is 17.6. The van der Waals surface area contributed by atoms with Crippen LogP contribution in [-0.4, -0.2) is 130 Å². The van der Waals surface area contributed by atoms with Gasteiger partial charge < -0.3 is 35.8 Å². The van der Waals surface area contributed by atoms with Gasteiger partial charge in [0.05, 0.1) is 57.7 Å². The van der Waals surface area contributed by atoms with Gasteiger partial charge in [0.25, 0.3) is 5.91 Å². The smallest absolute Gasteiger partial charge is 0.254 e. The highest BCUT2D eigenvalue weighted by atomic mass is 32.1. The Hall–Kier alpha value is -7.06. The number of hydrogen-bond acceptors (Lipinski definition) is 12. The van der Waals surface area contributed by atoms with Crippen molar-refractivity contribution in [2.45, 2.75) is 148 Å². The number of aryl methyl sites for hydroxylation is 1. The highest BCUT2D eigenvalue weighted by Gasteiger charge is 2.45. The van der Waals surface area contributed by atoms with Crippen molar-refractivity contribution in [2.75, 3.05) is 38.0 Å². The summed E-state index contributed by atoms with van der Waals surface area (Å²) in [4.78, 5) is 87.4. The molecular formula is C58H73FN12O6S. The summed E-state index contributed by atoms with van der Waals surface area (Å²) >= 11 is 1.58. The van der Waals surface area contributed by atoms with E-state index in [2.05, 4.69) is 36.1 Å². The van der Waals surface area contributed by atoms with E-state index in [0.29, 0.717) is 56.4 Å². The fourth-order valence-electron chi connectivity index (χ4n) is 10.5. The number of carbonyl (C=O) groups is 5. The maximum atomic E-state index is 15.7. The Balaban J connectivity index is 0.641. The number of unbranched alkanes of at least 4 members (excludes halogenated alkanes) is 7. The Labute approximate surface area is 459 Å². The fraction of sp³-hybridized carbons (Fsp3) is 0.500. The summed E-state index contributed by atoms with van der Waals surface area (Å²) in [7, 11) is 0. The minimum Gasteiger partial charge on any atom is -0.391 e. The van der Waals surface area contributed by atoms with E-state index in [0.717, 1.165) is 96.4 Å². The quantitative estimate of drug-likeness (QED) is 0.0404. The first-order valence-electron chi connectivity index (χ1n) is 27.6. The topological polar surface area (TPSA) is 223 Å². The number of hydrogen-bond donors (Lipinski definition) is 5. The number of amides is 5. The number of H-pyrrole nitrogens is 1. The molecule has 5 N–H and O–H groups in total. The molecule has 5 amide bonds. The van der Waals surface area contributed by atoms with Gasteiger partial charge in [-0.25, -0.2) is 19.3 Å². The van der Waals surface area contributed by atoms with Crippen LogP contribution in [0.5, 0.6) is 0 Å². The lowest BCUT2D eigenvalue weighted by atomic mass is 9.85. The average Bonchev–Trinajstić information content (AvgIpc) is 3.86. The third-order valence-electron chi connectivity index (χ3n) is 15.3. The molecule has 6 heterocycles. The van der Waals surface area contributed by atoms with Crippen LogP contribution in [-0.2, 0) is 19.2 Å². The number of aliphatic hydroxyl groups excluding tert-OH is 1. The third-order valence-corrected chi connectivity index (χ3v) is 16.3. The van der Waals surface area contributed by atoms with E-state index in [4.69, 9.17) is 4.98 Å². The number of β-amino-alcohol motifs (C(OH)–C–C–N with tert-alkyl or cyclic N) is 1. The van der Waals surface area contributed by atoms with Gasteiger partial charge in [0, 0.05) is 81.4 Å². The number of piperazine rings is 1. The number of rotatable bonds is 22. The molecule has 1 aliphatic carbocycles. The van der Waals surface area contributed by atoms with E-state index >= 15 is 4.39 Å². The van der Waals surface area contributed by atoms with E-state index in [-0.39, 0.29) is 66.2 Å². The minimum atomic E-state index is -0.879. The maximum absolute atomic E-state index is 15.7. The summed E-state index contributed by atoms with van der Waals surface area (Å²) in [6.07, 6.45) is 16.6. The Morgan fingerprint density at radius 3 is 2.19 bits per heavy atom. The molecule has 78 heavy (non-hydrogen) atoms. The molecule has 2 aliphatic heterocycles. The number of nitrogens with one attached hydrogen (secondary N) is 4. The number of nitrogens with zero attached hydrogens (tertiary/aromatic N) is 8. The van der Waals surface area contributed by atoms with Crippen LogP contribution in [0.4, 0.5) is 15.9 Å². The molecule has 0 unspecified atom stereocenters. The summed E-state index contributed by atoms with van der Waals surface area (Å²) in [5.74, 6) is -0.964. The van der Waals surface area contributed by atoms with Gasteiger partial charge in [-0.3, -0.25) is 33.5 Å². The highest BCUT2D eigenvalue weighted by molar-refractivity contribution is 7.13. The number of halogens is 1. The second kappa shape index (κ2) is 24.7. The zero-order valence-electron chi connectivity index (χ0n) is 45.4. The van der Waals surface area contributed by atoms with Gasteiger partial charge in [0.15, 0.2) is 11.5 Å². The summed E-state index contributed by atoms with van der Waals surface area (Å²) in [5, 5.41) is 26.7. The second-order valence-corrected chi connectivity index (χ2v) is 23.2. The van der Waals surface area contributed by atoms with Gasteiger partial charge in [-0.2, -0.15) is 5.10 Å². The SMILES string of the molecule is Cc1ncsc1-c1ccc([C@H](C)NC(=O)[C@H]2C[C@H](O)CN2C(=O)[C@@H](NC(=O)CCCCCCCCCCC(=O)N2CCN(C(=O)c3ccc(Nc4nc(C5CC5)cn5c(-c6cn[nH]c6)cnc45)c(F)c3)CC2)C(C)(C)C)cc1. The van der Waals surface area contributed by atoms with Crippen molar-refractivity contribution in [3.63, 3.8) is 0 Å². The standard InChI is InChI=1S/C58H73FN12O6S/c1-36(38-16-20-40(21-17-38)51-37(2)61-35-78-51)64-55(75)47-29-43(72)33-71(47)57(77)52(58(3,4)5)67-49(73)14-12-10-8-6-7-9-11-13-15-50(74)68-24-26-69(27-25-68)56(76)41-22-23-45(44(59)28-41)65-53-54-60-32-48(42-30-62-63-31-42)70(54)34-46(66-53)39-18-19-39/h16-17,20-23,28,30-32,34-36,39,43,47,52,72H,6-15,18-19,24-27,29,33H2,1-5H3,(H,62,63)(H,64,75)(H,65,66)(H,67,73)/t36-,43-,47+,52+/m0/s1. The molecule has 3 aliphatic rings. The molecular weight excluding hydrogens is 1010 g/mol. The number of aromatic nitrogens is 6. The molecule has 0 bridgehead atoms. The number of likely N-dealkylation sites (tertiary alicyclic amines) is 1. The van der Waals surface area contributed by atoms with Crippen molar-refractivity contribution in [3.05, 3.63) is 101 Å². The van der Waals surface area contributed by atoms with Gasteiger partial charge in [-0.1, -0.05) is 83.6 Å². The van der Waals surface area contributed by atoms with E-state index < -0.39 is 29.4 Å². The first-order valence-corrected chi connectivity index (χ1v) is 28.5. The molecule has 1 saturated carbocycles. The predicted octanol–water partition coefficient (Wildman–Crippen LogP) is 8.87. The Morgan fingerprint density at radius 2 is 1.55 bits per heavy atom. The lowest BCUT2D eigenvalue weighted by Gasteiger charge is -2.35. The molecule has 0 radical (unpaired) electrons. The predicted molar refractivity (Wildman–Crippen MR) is 297 cm³/mol. The van der Waals surface area contributed by atoms with Crippen LogP contribution in [0.2, 0.25) is 0 Å². The molecule has 3 fully saturated rings. The zero-order chi connectivity index (χ0) is 55.1. The molecule has 9 rings (SSSR count). The molecule has 414 valence electrons. The molecule has 6 aromatic rings. The maximum Gasteiger partial charge on any atom is 0.254 e. The lowest BCUT2D eigenvalue weighted by Crippen LogP contribution is -2.57. The lowest BCUT2D eigenvalue weighted by molar-refractivity contribution is -0.144. The number of carbonyl (C=O) groups excluding carboxylic acids is 5. The molecule has 0 spiro atoms. The number of aromatic amines is 1. The summed E-state index contributed by atoms with van der Waals surface area (Å²) in [6.45, 7) is 11.1. The molecule has 2 aromatic carbocycles. The van der Waals surface area contributed by atoms with Crippen LogP contribution in [0.3, 0.4) is 0 Å². The van der Waals surface area contributed by atoms with Crippen LogP contribution < -0.4 is 16.0 Å². The minimum absolute atomic E-state index is 0.0119. The third kappa shape index (κ3) is 13.4. The number of anilines is 2. The second-order valence-electron chi connectivity index (χ2n) is 22.3. The van der Waals surface area contributed by atoms with Gasteiger partial charge in [-0.05, 0) is 74.3 Å². The molecule has 4 aromatic heterocycles. The van der Waals surface area contributed by atoms with Crippen molar-refractivity contribution < 1.29 is 33.5 Å². The van der Waals surface area contributed by atoms with Gasteiger partial charge >= 0.3 is 0 Å². The summed E-state index contributed by atoms with van der Waals surface area (Å²) in [5.41, 5.74) is 7.68. The van der Waals surface area contributed by atoms with E-state index in [9.17, 15) is 29.1 Å². The monoisotopic (exact) mass is 1080 g/mol. The van der Waals surface area contributed by atoms with Crippen LogP contribution in [0.1, 0.15) is 150 Å². The van der Waals surface area contributed by atoms with E-state index in [1.807, 2.05) is 79.9 Å². The van der Waals surface area contributed by atoms with Crippen molar-refractivity contribution in [2.24, 2.45) is 5.41 Å². The fourth-order valence-corrected chi connectivity index (χ4v) is 11.3. The van der Waals surface area contributed by atoms with Crippen molar-refractivity contribution in [3.8, 4) is 21.7 Å². The molecule has 18 nitrogen and oxygen atoms in total. The van der Waals surface area contributed by atoms with Crippen molar-refractivity contribution in [1.82, 2.24) is 54.9 Å². The van der Waals surface area contributed by atoms with Crippen LogP contribution >= 0.6 is 11.3 Å². The Kier molecular flexibility index (Phi) is 17.7. The van der Waals surface area contributed by atoms with Crippen LogP contribution in [0.15, 0.2) is 72.8 Å². The summed E-state index contributed by atoms with van der Waals surface area (Å²) < 4.78 is 17.6.